The molecule has 0 saturated heterocycles. The SMILES string of the molecule is O=C(NNC(=O)c1cccnc1)c1ccc(OS(=O)(=O)c2cccc([N+](=O)[O-])c2)cc1. The van der Waals surface area contributed by atoms with E-state index >= 15 is 0 Å². The summed E-state index contributed by atoms with van der Waals surface area (Å²) in [6.45, 7) is 0. The molecule has 11 nitrogen and oxygen atoms in total. The highest BCUT2D eigenvalue weighted by molar-refractivity contribution is 7.87. The third-order valence-corrected chi connectivity index (χ3v) is 5.10. The van der Waals surface area contributed by atoms with Gasteiger partial charge in [0.25, 0.3) is 17.5 Å². The number of hydrogen-bond donors (Lipinski definition) is 2. The van der Waals surface area contributed by atoms with Gasteiger partial charge in [0.15, 0.2) is 0 Å². The van der Waals surface area contributed by atoms with Gasteiger partial charge in [-0.25, -0.2) is 0 Å². The summed E-state index contributed by atoms with van der Waals surface area (Å²) in [5.41, 5.74) is 4.41. The Kier molecular flexibility index (Phi) is 6.21. The number of hydrazine groups is 1. The van der Waals surface area contributed by atoms with E-state index in [-0.39, 0.29) is 21.8 Å². The molecular formula is C19H14N4O7S. The van der Waals surface area contributed by atoms with Crippen molar-refractivity contribution in [2.24, 2.45) is 0 Å². The van der Waals surface area contributed by atoms with Crippen molar-refractivity contribution < 1.29 is 27.1 Å². The first-order valence-electron chi connectivity index (χ1n) is 8.56. The number of amides is 2. The summed E-state index contributed by atoms with van der Waals surface area (Å²) in [6.07, 6.45) is 2.83. The minimum Gasteiger partial charge on any atom is -0.379 e. The Labute approximate surface area is 175 Å². The number of benzene rings is 2. The standard InChI is InChI=1S/C19H14N4O7S/c24-18(21-22-19(25)14-3-2-10-20-12-14)13-6-8-16(9-7-13)30-31(28,29)17-5-1-4-15(11-17)23(26)27/h1-12H,(H,21,24)(H,22,25). The van der Waals surface area contributed by atoms with Crippen molar-refractivity contribution in [3.63, 3.8) is 0 Å². The second kappa shape index (κ2) is 9.00. The number of pyridine rings is 1. The van der Waals surface area contributed by atoms with Gasteiger partial charge in [0.2, 0.25) is 0 Å². The van der Waals surface area contributed by atoms with Crippen molar-refractivity contribution in [2.45, 2.75) is 4.90 Å². The Hall–Kier alpha value is -4.32. The quantitative estimate of drug-likeness (QED) is 0.332. The van der Waals surface area contributed by atoms with Crippen LogP contribution in [0.25, 0.3) is 0 Å². The van der Waals surface area contributed by atoms with Crippen LogP contribution in [0.5, 0.6) is 5.75 Å². The molecule has 0 aliphatic carbocycles. The van der Waals surface area contributed by atoms with E-state index in [0.29, 0.717) is 0 Å². The Morgan fingerprint density at radius 2 is 1.61 bits per heavy atom. The highest BCUT2D eigenvalue weighted by Crippen LogP contribution is 2.22. The van der Waals surface area contributed by atoms with Gasteiger partial charge in [0.05, 0.1) is 10.5 Å². The van der Waals surface area contributed by atoms with Gasteiger partial charge in [-0.1, -0.05) is 6.07 Å². The van der Waals surface area contributed by atoms with Gasteiger partial charge in [0, 0.05) is 30.1 Å². The van der Waals surface area contributed by atoms with Crippen LogP contribution in [0, 0.1) is 10.1 Å². The van der Waals surface area contributed by atoms with E-state index in [1.807, 2.05) is 0 Å². The molecule has 0 saturated carbocycles. The average molecular weight is 442 g/mol. The minimum absolute atomic E-state index is 0.109. The van der Waals surface area contributed by atoms with Gasteiger partial charge in [-0.05, 0) is 42.5 Å². The van der Waals surface area contributed by atoms with E-state index in [2.05, 4.69) is 15.8 Å². The fraction of sp³-hybridized carbons (Fsp3) is 0. The average Bonchev–Trinajstić information content (AvgIpc) is 2.78. The molecule has 0 bridgehead atoms. The molecular weight excluding hydrogens is 428 g/mol. The predicted octanol–water partition coefficient (Wildman–Crippen LogP) is 1.83. The van der Waals surface area contributed by atoms with Crippen molar-refractivity contribution in [2.75, 3.05) is 0 Å². The second-order valence-corrected chi connectivity index (χ2v) is 7.51. The van der Waals surface area contributed by atoms with Crippen LogP contribution in [0.2, 0.25) is 0 Å². The van der Waals surface area contributed by atoms with Crippen LogP contribution in [-0.2, 0) is 10.1 Å². The van der Waals surface area contributed by atoms with Crippen LogP contribution in [0.15, 0.2) is 78.0 Å². The molecule has 3 aromatic rings. The van der Waals surface area contributed by atoms with Crippen LogP contribution in [-0.4, -0.2) is 30.1 Å². The number of carbonyl (C=O) groups is 2. The number of carbonyl (C=O) groups excluding carboxylic acids is 2. The number of nitrogens with one attached hydrogen (secondary N) is 2. The predicted molar refractivity (Wildman–Crippen MR) is 107 cm³/mol. The molecule has 1 aromatic heterocycles. The molecule has 3 rings (SSSR count). The van der Waals surface area contributed by atoms with Gasteiger partial charge in [-0.3, -0.25) is 35.5 Å². The van der Waals surface area contributed by atoms with Crippen LogP contribution < -0.4 is 15.0 Å². The van der Waals surface area contributed by atoms with Gasteiger partial charge in [-0.15, -0.1) is 0 Å². The van der Waals surface area contributed by atoms with Crippen LogP contribution in [0.1, 0.15) is 20.7 Å². The fourth-order valence-corrected chi connectivity index (χ4v) is 3.32. The second-order valence-electron chi connectivity index (χ2n) is 5.97. The molecule has 0 atom stereocenters. The molecule has 0 aliphatic rings. The number of hydrogen-bond acceptors (Lipinski definition) is 8. The summed E-state index contributed by atoms with van der Waals surface area (Å²) >= 11 is 0. The molecule has 0 aliphatic heterocycles. The largest absolute Gasteiger partial charge is 0.379 e. The van der Waals surface area contributed by atoms with Crippen molar-refractivity contribution in [1.82, 2.24) is 15.8 Å². The zero-order chi connectivity index (χ0) is 22.4. The van der Waals surface area contributed by atoms with Gasteiger partial charge >= 0.3 is 10.1 Å². The normalized spacial score (nSPS) is 10.7. The maximum absolute atomic E-state index is 12.3. The Morgan fingerprint density at radius 3 is 2.23 bits per heavy atom. The zero-order valence-electron chi connectivity index (χ0n) is 15.6. The van der Waals surface area contributed by atoms with E-state index < -0.39 is 32.5 Å². The molecule has 12 heteroatoms. The topological polar surface area (TPSA) is 158 Å². The third-order valence-electron chi connectivity index (χ3n) is 3.85. The van der Waals surface area contributed by atoms with Crippen molar-refractivity contribution in [3.8, 4) is 5.75 Å². The van der Waals surface area contributed by atoms with Crippen LogP contribution in [0.4, 0.5) is 5.69 Å². The molecule has 0 radical (unpaired) electrons. The van der Waals surface area contributed by atoms with Gasteiger partial charge in [-0.2, -0.15) is 8.42 Å². The lowest BCUT2D eigenvalue weighted by Gasteiger charge is -2.09. The molecule has 0 spiro atoms. The highest BCUT2D eigenvalue weighted by Gasteiger charge is 2.20. The number of non-ortho nitro benzene ring substituents is 1. The van der Waals surface area contributed by atoms with E-state index in [0.717, 1.165) is 18.2 Å². The van der Waals surface area contributed by atoms with E-state index in [1.165, 1.54) is 48.8 Å². The van der Waals surface area contributed by atoms with E-state index in [9.17, 15) is 28.1 Å². The van der Waals surface area contributed by atoms with Crippen molar-refractivity contribution >= 4 is 27.6 Å². The molecule has 0 fully saturated rings. The molecule has 31 heavy (non-hydrogen) atoms. The first kappa shape index (κ1) is 21.4. The molecule has 2 aromatic carbocycles. The van der Waals surface area contributed by atoms with Gasteiger partial charge < -0.3 is 4.18 Å². The van der Waals surface area contributed by atoms with E-state index in [4.69, 9.17) is 4.18 Å². The van der Waals surface area contributed by atoms with Gasteiger partial charge in [0.1, 0.15) is 10.6 Å². The van der Waals surface area contributed by atoms with Crippen molar-refractivity contribution in [1.29, 1.82) is 0 Å². The molecule has 1 heterocycles. The monoisotopic (exact) mass is 442 g/mol. The number of nitro groups is 1. The number of nitrogens with zero attached hydrogens (tertiary/aromatic N) is 2. The first-order valence-corrected chi connectivity index (χ1v) is 9.97. The highest BCUT2D eigenvalue weighted by atomic mass is 32.2. The molecule has 158 valence electrons. The van der Waals surface area contributed by atoms with Crippen LogP contribution in [0.3, 0.4) is 0 Å². The lowest BCUT2D eigenvalue weighted by atomic mass is 10.2. The van der Waals surface area contributed by atoms with Crippen LogP contribution >= 0.6 is 0 Å². The maximum Gasteiger partial charge on any atom is 0.339 e. The summed E-state index contributed by atoms with van der Waals surface area (Å²) in [7, 11) is -4.32. The summed E-state index contributed by atoms with van der Waals surface area (Å²) in [5, 5.41) is 10.8. The Bertz CT molecular complexity index is 1230. The number of nitro benzene ring substituents is 1. The van der Waals surface area contributed by atoms with Crippen molar-refractivity contribution in [3.05, 3.63) is 94.3 Å². The fourth-order valence-electron chi connectivity index (χ4n) is 2.34. The lowest BCUT2D eigenvalue weighted by Crippen LogP contribution is -2.41. The first-order chi connectivity index (χ1) is 14.8. The molecule has 2 amide bonds. The van der Waals surface area contributed by atoms with E-state index in [1.54, 1.807) is 6.07 Å². The number of rotatable bonds is 6. The lowest BCUT2D eigenvalue weighted by molar-refractivity contribution is -0.385. The Morgan fingerprint density at radius 1 is 0.935 bits per heavy atom. The zero-order valence-corrected chi connectivity index (χ0v) is 16.4. The number of aromatic nitrogens is 1. The smallest absolute Gasteiger partial charge is 0.339 e. The minimum atomic E-state index is -4.32. The summed E-state index contributed by atoms with van der Waals surface area (Å²) in [4.78, 5) is 37.5. The summed E-state index contributed by atoms with van der Waals surface area (Å²) in [6, 6.07) is 12.5. The molecule has 0 unspecified atom stereocenters. The Balaban J connectivity index is 1.64. The summed E-state index contributed by atoms with van der Waals surface area (Å²) in [5.74, 6) is -1.32. The third kappa shape index (κ3) is 5.39. The summed E-state index contributed by atoms with van der Waals surface area (Å²) < 4.78 is 29.6. The maximum atomic E-state index is 12.3. The molecule has 2 N–H and O–H groups in total.